The molecule has 2 aliphatic heterocycles. The number of likely N-dealkylation sites (N-methyl/N-ethyl adjacent to an activating group) is 1. The van der Waals surface area contributed by atoms with E-state index in [1.165, 1.54) is 0 Å². The molecule has 0 aromatic rings. The summed E-state index contributed by atoms with van der Waals surface area (Å²) in [4.78, 5) is 14.0. The molecule has 2 aliphatic rings. The lowest BCUT2D eigenvalue weighted by Gasteiger charge is -2.34. The van der Waals surface area contributed by atoms with E-state index in [-0.39, 0.29) is 18.1 Å². The molecule has 0 aliphatic carbocycles. The predicted octanol–water partition coefficient (Wildman–Crippen LogP) is -0.388. The highest BCUT2D eigenvalue weighted by Crippen LogP contribution is 2.16. The zero-order valence-corrected chi connectivity index (χ0v) is 9.78. The van der Waals surface area contributed by atoms with E-state index in [0.29, 0.717) is 19.7 Å². The van der Waals surface area contributed by atoms with Crippen LogP contribution in [0.1, 0.15) is 12.8 Å². The molecule has 0 saturated carbocycles. The van der Waals surface area contributed by atoms with Gasteiger partial charge in [-0.3, -0.25) is 4.79 Å². The van der Waals surface area contributed by atoms with E-state index < -0.39 is 0 Å². The van der Waals surface area contributed by atoms with Crippen molar-refractivity contribution in [2.75, 3.05) is 39.9 Å². The zero-order valence-electron chi connectivity index (χ0n) is 9.78. The Balaban J connectivity index is 1.85. The summed E-state index contributed by atoms with van der Waals surface area (Å²) in [6.45, 7) is 3.51. The van der Waals surface area contributed by atoms with Crippen LogP contribution in [0.15, 0.2) is 0 Å². The van der Waals surface area contributed by atoms with Crippen molar-refractivity contribution in [1.29, 1.82) is 0 Å². The second kappa shape index (κ2) is 5.61. The van der Waals surface area contributed by atoms with Crippen LogP contribution >= 0.6 is 0 Å². The molecule has 1 unspecified atom stereocenters. The number of hydrogen-bond acceptors (Lipinski definition) is 4. The Kier molecular flexibility index (Phi) is 4.15. The van der Waals surface area contributed by atoms with E-state index in [0.717, 1.165) is 26.0 Å². The van der Waals surface area contributed by atoms with Crippen LogP contribution in [-0.4, -0.2) is 62.9 Å². The molecule has 0 aromatic carbocycles. The number of carbonyl (C=O) groups is 1. The zero-order chi connectivity index (χ0) is 11.4. The van der Waals surface area contributed by atoms with Gasteiger partial charge >= 0.3 is 0 Å². The molecular formula is C11H20N2O3. The number of nitrogens with zero attached hydrogens (tertiary/aromatic N) is 1. The van der Waals surface area contributed by atoms with Gasteiger partial charge in [0, 0.05) is 26.2 Å². The van der Waals surface area contributed by atoms with Crippen molar-refractivity contribution in [2.45, 2.75) is 25.0 Å². The average molecular weight is 228 g/mol. The lowest BCUT2D eigenvalue weighted by atomic mass is 10.2. The van der Waals surface area contributed by atoms with Crippen LogP contribution in [0, 0.1) is 0 Å². The summed E-state index contributed by atoms with van der Waals surface area (Å²) < 4.78 is 11.0. The molecule has 16 heavy (non-hydrogen) atoms. The minimum Gasteiger partial charge on any atom is -0.373 e. The first kappa shape index (κ1) is 11.8. The fourth-order valence-corrected chi connectivity index (χ4v) is 2.25. The maximum absolute atomic E-state index is 12.1. The first-order valence-electron chi connectivity index (χ1n) is 5.98. The maximum Gasteiger partial charge on any atom is 0.251 e. The van der Waals surface area contributed by atoms with E-state index in [9.17, 15) is 4.79 Å². The van der Waals surface area contributed by atoms with Crippen molar-refractivity contribution < 1.29 is 14.3 Å². The predicted molar refractivity (Wildman–Crippen MR) is 59.2 cm³/mol. The summed E-state index contributed by atoms with van der Waals surface area (Å²) in [6, 6.07) is 0. The molecule has 0 bridgehead atoms. The maximum atomic E-state index is 12.1. The molecule has 0 spiro atoms. The SMILES string of the molecule is CNCC1CN(C(=O)[C@H]2CCCO2)CCO1. The summed E-state index contributed by atoms with van der Waals surface area (Å²) in [5.41, 5.74) is 0. The van der Waals surface area contributed by atoms with Gasteiger partial charge in [-0.15, -0.1) is 0 Å². The van der Waals surface area contributed by atoms with Crippen molar-refractivity contribution >= 4 is 5.91 Å². The molecule has 0 radical (unpaired) electrons. The highest BCUT2D eigenvalue weighted by molar-refractivity contribution is 5.81. The number of amides is 1. The van der Waals surface area contributed by atoms with Crippen LogP contribution in [0.4, 0.5) is 0 Å². The Hall–Kier alpha value is -0.650. The monoisotopic (exact) mass is 228 g/mol. The van der Waals surface area contributed by atoms with Gasteiger partial charge < -0.3 is 19.7 Å². The highest BCUT2D eigenvalue weighted by atomic mass is 16.5. The molecule has 92 valence electrons. The molecule has 5 heteroatoms. The molecule has 1 amide bonds. The van der Waals surface area contributed by atoms with Crippen molar-refractivity contribution in [3.8, 4) is 0 Å². The summed E-state index contributed by atoms with van der Waals surface area (Å²) in [5.74, 6) is 0.141. The summed E-state index contributed by atoms with van der Waals surface area (Å²) in [6.07, 6.45) is 1.78. The Bertz CT molecular complexity index is 239. The number of nitrogens with one attached hydrogen (secondary N) is 1. The van der Waals surface area contributed by atoms with E-state index in [1.54, 1.807) is 0 Å². The number of carbonyl (C=O) groups excluding carboxylic acids is 1. The van der Waals surface area contributed by atoms with E-state index in [2.05, 4.69) is 5.32 Å². The molecule has 2 fully saturated rings. The Morgan fingerprint density at radius 1 is 1.44 bits per heavy atom. The third-order valence-corrected chi connectivity index (χ3v) is 3.09. The molecular weight excluding hydrogens is 208 g/mol. The van der Waals surface area contributed by atoms with Gasteiger partial charge in [-0.25, -0.2) is 0 Å². The largest absolute Gasteiger partial charge is 0.373 e. The van der Waals surface area contributed by atoms with E-state index >= 15 is 0 Å². The third-order valence-electron chi connectivity index (χ3n) is 3.09. The number of ether oxygens (including phenoxy) is 2. The summed E-state index contributed by atoms with van der Waals surface area (Å²) in [7, 11) is 1.89. The molecule has 2 atom stereocenters. The fourth-order valence-electron chi connectivity index (χ4n) is 2.25. The van der Waals surface area contributed by atoms with Crippen LogP contribution in [0.25, 0.3) is 0 Å². The van der Waals surface area contributed by atoms with Crippen LogP contribution < -0.4 is 5.32 Å². The van der Waals surface area contributed by atoms with Crippen LogP contribution in [0.3, 0.4) is 0 Å². The van der Waals surface area contributed by atoms with Gasteiger partial charge in [0.25, 0.3) is 5.91 Å². The standard InChI is InChI=1S/C11H20N2O3/c1-12-7-9-8-13(4-6-15-9)11(14)10-3-2-5-16-10/h9-10,12H,2-8H2,1H3/t9?,10-/m1/s1. The third kappa shape index (κ3) is 2.72. The number of hydrogen-bond donors (Lipinski definition) is 1. The smallest absolute Gasteiger partial charge is 0.251 e. The van der Waals surface area contributed by atoms with Crippen LogP contribution in [0.2, 0.25) is 0 Å². The highest BCUT2D eigenvalue weighted by Gasteiger charge is 2.31. The number of morpholine rings is 1. The minimum atomic E-state index is -0.201. The summed E-state index contributed by atoms with van der Waals surface area (Å²) >= 11 is 0. The average Bonchev–Trinajstić information content (AvgIpc) is 2.82. The van der Waals surface area contributed by atoms with Gasteiger partial charge in [-0.1, -0.05) is 0 Å². The second-order valence-corrected chi connectivity index (χ2v) is 4.34. The van der Waals surface area contributed by atoms with Crippen LogP contribution in [0.5, 0.6) is 0 Å². The van der Waals surface area contributed by atoms with Crippen molar-refractivity contribution in [3.05, 3.63) is 0 Å². The number of rotatable bonds is 3. The first-order valence-corrected chi connectivity index (χ1v) is 5.98. The van der Waals surface area contributed by atoms with E-state index in [1.807, 2.05) is 11.9 Å². The van der Waals surface area contributed by atoms with E-state index in [4.69, 9.17) is 9.47 Å². The normalized spacial score (nSPS) is 30.7. The lowest BCUT2D eigenvalue weighted by molar-refractivity contribution is -0.148. The quantitative estimate of drug-likeness (QED) is 0.715. The summed E-state index contributed by atoms with van der Waals surface area (Å²) in [5, 5.41) is 3.07. The Morgan fingerprint density at radius 3 is 3.00 bits per heavy atom. The molecule has 2 saturated heterocycles. The van der Waals surface area contributed by atoms with Crippen molar-refractivity contribution in [3.63, 3.8) is 0 Å². The van der Waals surface area contributed by atoms with Gasteiger partial charge in [0.05, 0.1) is 12.7 Å². The minimum absolute atomic E-state index is 0.115. The first-order chi connectivity index (χ1) is 7.81. The molecule has 5 nitrogen and oxygen atoms in total. The molecule has 2 heterocycles. The van der Waals surface area contributed by atoms with Crippen molar-refractivity contribution in [1.82, 2.24) is 10.2 Å². The topological polar surface area (TPSA) is 50.8 Å². The molecule has 0 aromatic heterocycles. The molecule has 1 N–H and O–H groups in total. The van der Waals surface area contributed by atoms with Gasteiger partial charge in [0.15, 0.2) is 0 Å². The van der Waals surface area contributed by atoms with Gasteiger partial charge in [0.2, 0.25) is 0 Å². The van der Waals surface area contributed by atoms with Crippen molar-refractivity contribution in [2.24, 2.45) is 0 Å². The molecule has 2 rings (SSSR count). The fraction of sp³-hybridized carbons (Fsp3) is 0.909. The van der Waals surface area contributed by atoms with Gasteiger partial charge in [-0.2, -0.15) is 0 Å². The van der Waals surface area contributed by atoms with Gasteiger partial charge in [0.1, 0.15) is 6.10 Å². The lowest BCUT2D eigenvalue weighted by Crippen LogP contribution is -2.51. The Morgan fingerprint density at radius 2 is 2.31 bits per heavy atom. The van der Waals surface area contributed by atoms with Crippen LogP contribution in [-0.2, 0) is 14.3 Å². The van der Waals surface area contributed by atoms with Gasteiger partial charge in [-0.05, 0) is 19.9 Å². The Labute approximate surface area is 96.1 Å². The second-order valence-electron chi connectivity index (χ2n) is 4.34.